The number of oxime groups is 1. The molecule has 0 saturated heterocycles. The van der Waals surface area contributed by atoms with E-state index in [4.69, 9.17) is 5.21 Å². The average Bonchev–Trinajstić information content (AvgIpc) is 1.35. The molecule has 0 unspecified atom stereocenters. The van der Waals surface area contributed by atoms with Crippen molar-refractivity contribution in [3.05, 3.63) is 5.92 Å². The van der Waals surface area contributed by atoms with Gasteiger partial charge in [-0.15, -0.1) is 5.16 Å². The van der Waals surface area contributed by atoms with Crippen molar-refractivity contribution in [3.8, 4) is 0 Å². The Hall–Kier alpha value is -0.530. The molecule has 0 amide bonds. The van der Waals surface area contributed by atoms with E-state index >= 15 is 0 Å². The summed E-state index contributed by atoms with van der Waals surface area (Å²) in [4.78, 5) is 0. The van der Waals surface area contributed by atoms with E-state index in [1.807, 2.05) is 13.8 Å². The Labute approximate surface area is 37.5 Å². The molecule has 0 aliphatic rings. The Morgan fingerprint density at radius 1 is 1.67 bits per heavy atom. The predicted octanol–water partition coefficient (Wildman–Crippen LogP) is 1.06. The van der Waals surface area contributed by atoms with Gasteiger partial charge < -0.3 is 5.21 Å². The molecule has 0 atom stereocenters. The summed E-state index contributed by atoms with van der Waals surface area (Å²) in [7, 11) is 0. The van der Waals surface area contributed by atoms with Crippen LogP contribution in [0.1, 0.15) is 13.8 Å². The number of nitrogens with zero attached hydrogens (tertiary/aromatic N) is 1. The van der Waals surface area contributed by atoms with Crippen molar-refractivity contribution in [3.63, 3.8) is 0 Å². The Balaban J connectivity index is 3.03. The molecule has 1 radical (unpaired) electrons. The van der Waals surface area contributed by atoms with Gasteiger partial charge in [-0.05, 0) is 0 Å². The maximum Gasteiger partial charge on any atom is 0.0501 e. The minimum absolute atomic E-state index is 0.998. The SMILES string of the molecule is C[C](C)C=NO. The Kier molecular flexibility index (Phi) is 2.46. The molecule has 6 heavy (non-hydrogen) atoms. The second kappa shape index (κ2) is 2.69. The lowest BCUT2D eigenvalue weighted by Gasteiger charge is -1.83. The first-order valence-corrected chi connectivity index (χ1v) is 1.75. The summed E-state index contributed by atoms with van der Waals surface area (Å²) in [5.74, 6) is 0.998. The van der Waals surface area contributed by atoms with Crippen LogP contribution in [0, 0.1) is 5.92 Å². The average molecular weight is 86.1 g/mol. The first-order valence-electron chi connectivity index (χ1n) is 1.75. The second-order valence-electron chi connectivity index (χ2n) is 1.32. The van der Waals surface area contributed by atoms with Crippen LogP contribution < -0.4 is 0 Å². The van der Waals surface area contributed by atoms with Gasteiger partial charge in [0.1, 0.15) is 0 Å². The summed E-state index contributed by atoms with van der Waals surface area (Å²) < 4.78 is 0. The van der Waals surface area contributed by atoms with Crippen LogP contribution in [0.3, 0.4) is 0 Å². The van der Waals surface area contributed by atoms with Gasteiger partial charge >= 0.3 is 0 Å². The molecule has 0 heterocycles. The van der Waals surface area contributed by atoms with E-state index in [1.54, 1.807) is 0 Å². The van der Waals surface area contributed by atoms with Crippen LogP contribution >= 0.6 is 0 Å². The van der Waals surface area contributed by atoms with E-state index in [-0.39, 0.29) is 0 Å². The number of hydrogen-bond donors (Lipinski definition) is 1. The maximum atomic E-state index is 7.79. The summed E-state index contributed by atoms with van der Waals surface area (Å²) in [6.07, 6.45) is 1.39. The molecule has 2 nitrogen and oxygen atoms in total. The molecule has 0 aromatic rings. The molecule has 0 aromatic carbocycles. The third kappa shape index (κ3) is 3.47. The molecule has 1 N–H and O–H groups in total. The molecule has 2 heteroatoms. The lowest BCUT2D eigenvalue weighted by atomic mass is 10.3. The van der Waals surface area contributed by atoms with Gasteiger partial charge in [-0.25, -0.2) is 0 Å². The van der Waals surface area contributed by atoms with Crippen molar-refractivity contribution in [1.29, 1.82) is 0 Å². The van der Waals surface area contributed by atoms with Crippen molar-refractivity contribution in [2.45, 2.75) is 13.8 Å². The van der Waals surface area contributed by atoms with Gasteiger partial charge in [0, 0.05) is 5.92 Å². The fourth-order valence-electron chi connectivity index (χ4n) is 0.115. The van der Waals surface area contributed by atoms with Crippen LogP contribution in [0.2, 0.25) is 0 Å². The molecule has 35 valence electrons. The normalized spacial score (nSPS) is 11.2. The van der Waals surface area contributed by atoms with Crippen LogP contribution in [0.15, 0.2) is 5.16 Å². The van der Waals surface area contributed by atoms with Gasteiger partial charge in [-0.1, -0.05) is 13.8 Å². The lowest BCUT2D eigenvalue weighted by molar-refractivity contribution is 0.321. The minimum Gasteiger partial charge on any atom is -0.411 e. The Morgan fingerprint density at radius 3 is 2.17 bits per heavy atom. The van der Waals surface area contributed by atoms with Crippen LogP contribution in [0.4, 0.5) is 0 Å². The van der Waals surface area contributed by atoms with E-state index in [0.717, 1.165) is 5.92 Å². The highest BCUT2D eigenvalue weighted by molar-refractivity contribution is 5.71. The van der Waals surface area contributed by atoms with E-state index < -0.39 is 0 Å². The van der Waals surface area contributed by atoms with E-state index in [9.17, 15) is 0 Å². The molecule has 0 spiro atoms. The van der Waals surface area contributed by atoms with Crippen LogP contribution in [0.5, 0.6) is 0 Å². The Morgan fingerprint density at radius 2 is 2.17 bits per heavy atom. The highest BCUT2D eigenvalue weighted by Gasteiger charge is 1.80. The molecule has 0 saturated carbocycles. The van der Waals surface area contributed by atoms with Crippen LogP contribution in [-0.2, 0) is 0 Å². The van der Waals surface area contributed by atoms with E-state index in [2.05, 4.69) is 5.16 Å². The largest absolute Gasteiger partial charge is 0.411 e. The monoisotopic (exact) mass is 86.1 g/mol. The molecule has 0 bridgehead atoms. The molecule has 0 rings (SSSR count). The quantitative estimate of drug-likeness (QED) is 0.289. The molecule has 0 aliphatic carbocycles. The van der Waals surface area contributed by atoms with Gasteiger partial charge in [0.15, 0.2) is 0 Å². The highest BCUT2D eigenvalue weighted by Crippen LogP contribution is 1.85. The molecular weight excluding hydrogens is 78.0 g/mol. The highest BCUT2D eigenvalue weighted by atomic mass is 16.4. The third-order valence-electron chi connectivity index (χ3n) is 0.316. The van der Waals surface area contributed by atoms with Gasteiger partial charge in [0.05, 0.1) is 6.21 Å². The van der Waals surface area contributed by atoms with Crippen LogP contribution in [-0.4, -0.2) is 11.4 Å². The zero-order chi connectivity index (χ0) is 4.99. The van der Waals surface area contributed by atoms with E-state index in [1.165, 1.54) is 6.21 Å². The minimum atomic E-state index is 0.998. The maximum absolute atomic E-state index is 7.79. The van der Waals surface area contributed by atoms with Crippen molar-refractivity contribution in [2.24, 2.45) is 5.16 Å². The summed E-state index contributed by atoms with van der Waals surface area (Å²) in [5.41, 5.74) is 0. The van der Waals surface area contributed by atoms with Gasteiger partial charge in [0.25, 0.3) is 0 Å². The zero-order valence-electron chi connectivity index (χ0n) is 3.97. The van der Waals surface area contributed by atoms with Gasteiger partial charge in [-0.2, -0.15) is 0 Å². The first kappa shape index (κ1) is 5.47. The lowest BCUT2D eigenvalue weighted by Crippen LogP contribution is -1.81. The van der Waals surface area contributed by atoms with Crippen molar-refractivity contribution in [1.82, 2.24) is 0 Å². The fraction of sp³-hybridized carbons (Fsp3) is 0.500. The smallest absolute Gasteiger partial charge is 0.0501 e. The molecule has 0 aromatic heterocycles. The molecule has 0 aliphatic heterocycles. The summed E-state index contributed by atoms with van der Waals surface area (Å²) >= 11 is 0. The standard InChI is InChI=1S/C4H8NO/c1-4(2)3-5-6/h3,6H,1-2H3. The number of rotatable bonds is 1. The first-order chi connectivity index (χ1) is 2.77. The van der Waals surface area contributed by atoms with E-state index in [0.29, 0.717) is 0 Å². The van der Waals surface area contributed by atoms with Crippen molar-refractivity contribution >= 4 is 6.21 Å². The zero-order valence-corrected chi connectivity index (χ0v) is 3.97. The third-order valence-corrected chi connectivity index (χ3v) is 0.316. The fourth-order valence-corrected chi connectivity index (χ4v) is 0.115. The summed E-state index contributed by atoms with van der Waals surface area (Å²) in [6, 6.07) is 0. The Bertz CT molecular complexity index is 49.5. The van der Waals surface area contributed by atoms with Crippen molar-refractivity contribution in [2.75, 3.05) is 0 Å². The summed E-state index contributed by atoms with van der Waals surface area (Å²) in [6.45, 7) is 3.72. The van der Waals surface area contributed by atoms with Gasteiger partial charge in [-0.3, -0.25) is 0 Å². The molecule has 0 fully saturated rings. The van der Waals surface area contributed by atoms with Crippen LogP contribution in [0.25, 0.3) is 0 Å². The predicted molar refractivity (Wildman–Crippen MR) is 24.9 cm³/mol. The summed E-state index contributed by atoms with van der Waals surface area (Å²) in [5, 5.41) is 10.6. The number of hydrogen-bond acceptors (Lipinski definition) is 2. The second-order valence-corrected chi connectivity index (χ2v) is 1.32. The van der Waals surface area contributed by atoms with Crippen molar-refractivity contribution < 1.29 is 5.21 Å². The molecular formula is C4H8NO. The van der Waals surface area contributed by atoms with Gasteiger partial charge in [0.2, 0.25) is 0 Å². The topological polar surface area (TPSA) is 32.6 Å².